The molecule has 0 aliphatic carbocycles. The summed E-state index contributed by atoms with van der Waals surface area (Å²) in [4.78, 5) is 20.4. The third-order valence-corrected chi connectivity index (χ3v) is 2.44. The predicted molar refractivity (Wildman–Crippen MR) is 45.1 cm³/mol. The highest BCUT2D eigenvalue weighted by Gasteiger charge is 2.32. The summed E-state index contributed by atoms with van der Waals surface area (Å²) in [5.74, 6) is -2.15. The Morgan fingerprint density at radius 1 is 1.27 bits per heavy atom. The second-order valence-corrected chi connectivity index (χ2v) is 5.67. The minimum atomic E-state index is -1.31. The van der Waals surface area contributed by atoms with Crippen molar-refractivity contribution in [2.24, 2.45) is 0 Å². The molecule has 0 aliphatic rings. The van der Waals surface area contributed by atoms with E-state index < -0.39 is 15.2 Å². The normalized spacial score (nSPS) is 11.1. The lowest BCUT2D eigenvalue weighted by Crippen LogP contribution is -2.24. The molecule has 0 saturated carbocycles. The summed E-state index contributed by atoms with van der Waals surface area (Å²) in [5, 5.41) is 16.7. The molecular weight excluding hydrogens is 284 g/mol. The largest absolute Gasteiger partial charge is 0.481 e. The molecule has 0 rings (SSSR count). The van der Waals surface area contributed by atoms with Gasteiger partial charge in [0.1, 0.15) is 0 Å². The van der Waals surface area contributed by atoms with Crippen LogP contribution in [-0.2, 0) is 9.59 Å². The summed E-state index contributed by atoms with van der Waals surface area (Å²) in [6.45, 7) is 0. The van der Waals surface area contributed by atoms with Gasteiger partial charge in [0.15, 0.2) is 3.23 Å². The van der Waals surface area contributed by atoms with Crippen molar-refractivity contribution < 1.29 is 19.8 Å². The van der Waals surface area contributed by atoms with Crippen LogP contribution in [0.4, 0.5) is 0 Å². The Kier molecular flexibility index (Phi) is 4.02. The lowest BCUT2D eigenvalue weighted by molar-refractivity contribution is -0.138. The average molecular weight is 290 g/mol. The number of carboxylic acid groups (broad SMARTS) is 2. The second-order valence-electron chi connectivity index (χ2n) is 1.90. The fourth-order valence-corrected chi connectivity index (χ4v) is 0.767. The van der Waals surface area contributed by atoms with E-state index in [1.165, 1.54) is 0 Å². The molecule has 0 radical (unpaired) electrons. The minimum Gasteiger partial charge on any atom is -0.481 e. The average Bonchev–Trinajstić information content (AvgIpc) is 1.84. The molecule has 0 atom stereocenters. The first-order valence-corrected chi connectivity index (χ1v) is 4.28. The Morgan fingerprint density at radius 3 is 2.00 bits per heavy atom. The number of aliphatic carboxylic acids is 2. The fourth-order valence-electron chi connectivity index (χ4n) is 0.371. The molecule has 0 aromatic rings. The van der Waals surface area contributed by atoms with Gasteiger partial charge in [-0.15, -0.1) is 0 Å². The molecular formula is C5H6Br2O4. The highest BCUT2D eigenvalue weighted by molar-refractivity contribution is 9.25. The zero-order valence-corrected chi connectivity index (χ0v) is 8.55. The van der Waals surface area contributed by atoms with Crippen LogP contribution in [0.25, 0.3) is 0 Å². The summed E-state index contributed by atoms with van der Waals surface area (Å²) in [7, 11) is 0. The zero-order chi connectivity index (χ0) is 9.07. The maximum Gasteiger partial charge on any atom is 0.331 e. The second kappa shape index (κ2) is 4.06. The van der Waals surface area contributed by atoms with Gasteiger partial charge in [-0.25, -0.2) is 4.79 Å². The Balaban J connectivity index is 3.92. The maximum absolute atomic E-state index is 10.3. The molecule has 0 aromatic carbocycles. The molecule has 0 aliphatic heterocycles. The van der Waals surface area contributed by atoms with E-state index in [1.807, 2.05) is 0 Å². The third-order valence-electron chi connectivity index (χ3n) is 0.966. The highest BCUT2D eigenvalue weighted by atomic mass is 79.9. The topological polar surface area (TPSA) is 74.6 Å². The molecule has 0 spiro atoms. The Hall–Kier alpha value is -0.100. The van der Waals surface area contributed by atoms with Crippen LogP contribution in [0.2, 0.25) is 0 Å². The maximum atomic E-state index is 10.3. The number of alkyl halides is 2. The molecule has 0 amide bonds. The molecule has 0 aromatic heterocycles. The molecule has 6 heteroatoms. The summed E-state index contributed by atoms with van der Waals surface area (Å²) >= 11 is 5.66. The molecule has 2 N–H and O–H groups in total. The first-order chi connectivity index (χ1) is 4.86. The van der Waals surface area contributed by atoms with Gasteiger partial charge in [-0.2, -0.15) is 0 Å². The molecule has 0 bridgehead atoms. The van der Waals surface area contributed by atoms with Crippen molar-refractivity contribution in [3.8, 4) is 0 Å². The smallest absolute Gasteiger partial charge is 0.331 e. The van der Waals surface area contributed by atoms with Gasteiger partial charge < -0.3 is 10.2 Å². The Morgan fingerprint density at radius 2 is 1.73 bits per heavy atom. The summed E-state index contributed by atoms with van der Waals surface area (Å²) in [6.07, 6.45) is -0.194. The van der Waals surface area contributed by atoms with Crippen LogP contribution in [0.3, 0.4) is 0 Å². The van der Waals surface area contributed by atoms with E-state index in [4.69, 9.17) is 10.2 Å². The molecule has 4 nitrogen and oxygen atoms in total. The van der Waals surface area contributed by atoms with Gasteiger partial charge >= 0.3 is 11.9 Å². The summed E-state index contributed by atoms with van der Waals surface area (Å²) in [5.41, 5.74) is 0. The van der Waals surface area contributed by atoms with Crippen LogP contribution >= 0.6 is 31.9 Å². The number of rotatable bonds is 4. The number of carboxylic acids is 2. The van der Waals surface area contributed by atoms with Crippen molar-refractivity contribution in [1.82, 2.24) is 0 Å². The standard InChI is InChI=1S/C5H6Br2O4/c6-5(7,4(10)11)2-1-3(8)9/h1-2H2,(H,8,9)(H,10,11). The van der Waals surface area contributed by atoms with E-state index in [1.54, 1.807) is 0 Å². The molecule has 0 fully saturated rings. The molecule has 0 heterocycles. The molecule has 0 saturated heterocycles. The van der Waals surface area contributed by atoms with E-state index in [9.17, 15) is 9.59 Å². The van der Waals surface area contributed by atoms with E-state index in [0.29, 0.717) is 0 Å². The summed E-state index contributed by atoms with van der Waals surface area (Å²) in [6, 6.07) is 0. The van der Waals surface area contributed by atoms with Crippen molar-refractivity contribution >= 4 is 43.8 Å². The monoisotopic (exact) mass is 288 g/mol. The van der Waals surface area contributed by atoms with Crippen LogP contribution in [0.15, 0.2) is 0 Å². The van der Waals surface area contributed by atoms with Crippen LogP contribution in [0, 0.1) is 0 Å². The van der Waals surface area contributed by atoms with Crippen molar-refractivity contribution in [3.63, 3.8) is 0 Å². The summed E-state index contributed by atoms with van der Waals surface area (Å²) < 4.78 is -1.31. The van der Waals surface area contributed by atoms with Gasteiger partial charge in [-0.1, -0.05) is 31.9 Å². The lowest BCUT2D eigenvalue weighted by atomic mass is 10.2. The quantitative estimate of drug-likeness (QED) is 0.768. The first-order valence-electron chi connectivity index (χ1n) is 2.69. The number of hydrogen-bond acceptors (Lipinski definition) is 2. The van der Waals surface area contributed by atoms with Gasteiger partial charge in [0.2, 0.25) is 0 Å². The van der Waals surface area contributed by atoms with Crippen molar-refractivity contribution in [3.05, 3.63) is 0 Å². The van der Waals surface area contributed by atoms with Gasteiger partial charge in [-0.3, -0.25) is 4.79 Å². The molecule has 64 valence electrons. The van der Waals surface area contributed by atoms with Gasteiger partial charge in [0, 0.05) is 6.42 Å². The van der Waals surface area contributed by atoms with Gasteiger partial charge in [-0.05, 0) is 6.42 Å². The SMILES string of the molecule is O=C(O)CCC(Br)(Br)C(=O)O. The predicted octanol–water partition coefficient (Wildman–Crippen LogP) is 1.42. The third kappa shape index (κ3) is 4.36. The van der Waals surface area contributed by atoms with Crippen LogP contribution in [0.1, 0.15) is 12.8 Å². The fraction of sp³-hybridized carbons (Fsp3) is 0.600. The van der Waals surface area contributed by atoms with Gasteiger partial charge in [0.25, 0.3) is 0 Å². The Labute approximate surface area is 79.8 Å². The van der Waals surface area contributed by atoms with Crippen molar-refractivity contribution in [2.45, 2.75) is 16.1 Å². The zero-order valence-electron chi connectivity index (χ0n) is 5.38. The van der Waals surface area contributed by atoms with Crippen LogP contribution < -0.4 is 0 Å². The lowest BCUT2D eigenvalue weighted by Gasteiger charge is -2.12. The Bertz CT molecular complexity index is 177. The minimum absolute atomic E-state index is 0.00231. The molecule has 0 unspecified atom stereocenters. The number of carbonyl (C=O) groups is 2. The number of hydrogen-bond donors (Lipinski definition) is 2. The van der Waals surface area contributed by atoms with Crippen molar-refractivity contribution in [2.75, 3.05) is 0 Å². The van der Waals surface area contributed by atoms with E-state index >= 15 is 0 Å². The van der Waals surface area contributed by atoms with Crippen LogP contribution in [0.5, 0.6) is 0 Å². The highest BCUT2D eigenvalue weighted by Crippen LogP contribution is 2.31. The van der Waals surface area contributed by atoms with Crippen molar-refractivity contribution in [1.29, 1.82) is 0 Å². The van der Waals surface area contributed by atoms with Gasteiger partial charge in [0.05, 0.1) is 0 Å². The molecule has 11 heavy (non-hydrogen) atoms. The van der Waals surface area contributed by atoms with Crippen LogP contribution in [-0.4, -0.2) is 25.4 Å². The van der Waals surface area contributed by atoms with E-state index in [-0.39, 0.29) is 12.8 Å². The van der Waals surface area contributed by atoms with E-state index in [2.05, 4.69) is 31.9 Å². The first kappa shape index (κ1) is 10.9. The number of halogens is 2. The van der Waals surface area contributed by atoms with E-state index in [0.717, 1.165) is 0 Å².